The van der Waals surface area contributed by atoms with E-state index in [1.54, 1.807) is 7.11 Å². The third-order valence-corrected chi connectivity index (χ3v) is 5.02. The molecule has 18 heavy (non-hydrogen) atoms. The van der Waals surface area contributed by atoms with Crippen molar-refractivity contribution in [1.82, 2.24) is 0 Å². The zero-order chi connectivity index (χ0) is 12.6. The summed E-state index contributed by atoms with van der Waals surface area (Å²) in [5, 5.41) is 0. The summed E-state index contributed by atoms with van der Waals surface area (Å²) < 4.78 is 5.71. The van der Waals surface area contributed by atoms with Crippen LogP contribution in [0.4, 0.5) is 0 Å². The summed E-state index contributed by atoms with van der Waals surface area (Å²) in [6.07, 6.45) is 7.49. The molecule has 0 heterocycles. The lowest BCUT2D eigenvalue weighted by atomic mass is 9.71. The normalized spacial score (nSPS) is 24.1. The average Bonchev–Trinajstić information content (AvgIpc) is 2.26. The van der Waals surface area contributed by atoms with Crippen molar-refractivity contribution >= 4 is 0 Å². The highest BCUT2D eigenvalue weighted by atomic mass is 16.5. The van der Waals surface area contributed by atoms with Gasteiger partial charge in [-0.2, -0.15) is 0 Å². The van der Waals surface area contributed by atoms with Crippen LogP contribution in [0.1, 0.15) is 61.6 Å². The van der Waals surface area contributed by atoms with Gasteiger partial charge < -0.3 is 10.5 Å². The largest absolute Gasteiger partial charge is 0.376 e. The van der Waals surface area contributed by atoms with Gasteiger partial charge in [-0.05, 0) is 49.1 Å². The van der Waals surface area contributed by atoms with Gasteiger partial charge in [-0.15, -0.1) is 0 Å². The lowest BCUT2D eigenvalue weighted by Crippen LogP contribution is -2.48. The van der Waals surface area contributed by atoms with Crippen LogP contribution in [0.25, 0.3) is 0 Å². The topological polar surface area (TPSA) is 35.2 Å². The standard InChI is InChI=1S/C16H23NO/c1-18-16(9-4-10-16)15(17)14-8-3-7-13(11-14)12-5-2-6-12/h3,7-8,11-12,15H,2,4-6,9-10,17H2,1H3. The van der Waals surface area contributed by atoms with E-state index in [1.807, 2.05) is 0 Å². The Hall–Kier alpha value is -0.860. The van der Waals surface area contributed by atoms with Gasteiger partial charge in [0.2, 0.25) is 0 Å². The predicted molar refractivity (Wildman–Crippen MR) is 73.6 cm³/mol. The summed E-state index contributed by atoms with van der Waals surface area (Å²) in [4.78, 5) is 0. The number of benzene rings is 1. The van der Waals surface area contributed by atoms with E-state index < -0.39 is 0 Å². The molecule has 1 atom stereocenters. The van der Waals surface area contributed by atoms with E-state index in [2.05, 4.69) is 24.3 Å². The van der Waals surface area contributed by atoms with Crippen LogP contribution in [0.3, 0.4) is 0 Å². The molecule has 0 amide bonds. The van der Waals surface area contributed by atoms with Gasteiger partial charge in [-0.1, -0.05) is 30.7 Å². The van der Waals surface area contributed by atoms with Crippen LogP contribution in [0.15, 0.2) is 24.3 Å². The maximum Gasteiger partial charge on any atom is 0.0870 e. The van der Waals surface area contributed by atoms with Gasteiger partial charge in [0, 0.05) is 7.11 Å². The first-order valence-electron chi connectivity index (χ1n) is 7.16. The van der Waals surface area contributed by atoms with Crippen LogP contribution in [0.2, 0.25) is 0 Å². The molecule has 1 aromatic rings. The van der Waals surface area contributed by atoms with Gasteiger partial charge >= 0.3 is 0 Å². The van der Waals surface area contributed by atoms with Crippen molar-refractivity contribution in [3.05, 3.63) is 35.4 Å². The van der Waals surface area contributed by atoms with E-state index in [9.17, 15) is 0 Å². The molecule has 0 aromatic heterocycles. The predicted octanol–water partition coefficient (Wildman–Crippen LogP) is 3.52. The Bertz CT molecular complexity index is 415. The van der Waals surface area contributed by atoms with Crippen LogP contribution in [-0.4, -0.2) is 12.7 Å². The minimum Gasteiger partial charge on any atom is -0.376 e. The van der Waals surface area contributed by atoms with Crippen LogP contribution in [-0.2, 0) is 4.74 Å². The zero-order valence-electron chi connectivity index (χ0n) is 11.2. The molecule has 2 N–H and O–H groups in total. The van der Waals surface area contributed by atoms with E-state index in [0.29, 0.717) is 0 Å². The first-order valence-corrected chi connectivity index (χ1v) is 7.16. The molecule has 1 aromatic carbocycles. The maximum absolute atomic E-state index is 6.45. The third-order valence-electron chi connectivity index (χ3n) is 5.02. The molecular weight excluding hydrogens is 222 g/mol. The summed E-state index contributed by atoms with van der Waals surface area (Å²) in [6.45, 7) is 0. The second kappa shape index (κ2) is 4.67. The molecule has 3 rings (SSSR count). The van der Waals surface area contributed by atoms with Crippen LogP contribution < -0.4 is 5.73 Å². The fourth-order valence-corrected chi connectivity index (χ4v) is 3.22. The lowest BCUT2D eigenvalue weighted by Gasteiger charge is -2.45. The molecular formula is C16H23NO. The molecule has 2 nitrogen and oxygen atoms in total. The van der Waals surface area contributed by atoms with Crippen molar-refractivity contribution in [2.45, 2.75) is 56.1 Å². The summed E-state index contributed by atoms with van der Waals surface area (Å²) in [5.74, 6) is 0.775. The number of rotatable bonds is 4. The first-order chi connectivity index (χ1) is 8.75. The molecule has 0 aliphatic heterocycles. The molecule has 2 heteroatoms. The Morgan fingerprint density at radius 1 is 1.28 bits per heavy atom. The molecule has 2 aliphatic rings. The maximum atomic E-state index is 6.45. The Balaban J connectivity index is 1.82. The highest BCUT2D eigenvalue weighted by Crippen LogP contribution is 2.44. The van der Waals surface area contributed by atoms with Gasteiger partial charge in [-0.25, -0.2) is 0 Å². The number of methoxy groups -OCH3 is 1. The minimum atomic E-state index is -0.0990. The summed E-state index contributed by atoms with van der Waals surface area (Å²) in [7, 11) is 1.80. The third kappa shape index (κ3) is 1.88. The van der Waals surface area contributed by atoms with Gasteiger partial charge in [-0.3, -0.25) is 0 Å². The van der Waals surface area contributed by atoms with Gasteiger partial charge in [0.25, 0.3) is 0 Å². The molecule has 0 saturated heterocycles. The molecule has 0 spiro atoms. The Labute approximate surface area is 110 Å². The number of ether oxygens (including phenoxy) is 1. The summed E-state index contributed by atoms with van der Waals surface area (Å²) in [5.41, 5.74) is 9.07. The van der Waals surface area contributed by atoms with Crippen LogP contribution in [0.5, 0.6) is 0 Å². The van der Waals surface area contributed by atoms with Gasteiger partial charge in [0.1, 0.15) is 0 Å². The Morgan fingerprint density at radius 2 is 2.06 bits per heavy atom. The Morgan fingerprint density at radius 3 is 2.56 bits per heavy atom. The molecule has 98 valence electrons. The smallest absolute Gasteiger partial charge is 0.0870 e. The summed E-state index contributed by atoms with van der Waals surface area (Å²) in [6, 6.07) is 8.90. The second-order valence-electron chi connectivity index (χ2n) is 5.90. The van der Waals surface area contributed by atoms with E-state index in [4.69, 9.17) is 10.5 Å². The van der Waals surface area contributed by atoms with E-state index >= 15 is 0 Å². The van der Waals surface area contributed by atoms with Crippen molar-refractivity contribution in [2.24, 2.45) is 5.73 Å². The highest BCUT2D eigenvalue weighted by Gasteiger charge is 2.43. The lowest BCUT2D eigenvalue weighted by molar-refractivity contribution is -0.0911. The van der Waals surface area contributed by atoms with Crippen molar-refractivity contribution in [2.75, 3.05) is 7.11 Å². The summed E-state index contributed by atoms with van der Waals surface area (Å²) >= 11 is 0. The molecule has 0 radical (unpaired) electrons. The molecule has 2 aliphatic carbocycles. The molecule has 1 unspecified atom stereocenters. The van der Waals surface area contributed by atoms with E-state index in [-0.39, 0.29) is 11.6 Å². The minimum absolute atomic E-state index is 0.0243. The number of hydrogen-bond acceptors (Lipinski definition) is 2. The second-order valence-corrected chi connectivity index (χ2v) is 5.90. The SMILES string of the molecule is COC1(C(N)c2cccc(C3CCC3)c2)CCC1. The van der Waals surface area contributed by atoms with E-state index in [0.717, 1.165) is 18.8 Å². The highest BCUT2D eigenvalue weighted by molar-refractivity contribution is 5.31. The van der Waals surface area contributed by atoms with Crippen molar-refractivity contribution < 1.29 is 4.74 Å². The number of nitrogens with two attached hydrogens (primary N) is 1. The fraction of sp³-hybridized carbons (Fsp3) is 0.625. The van der Waals surface area contributed by atoms with Crippen LogP contribution in [0, 0.1) is 0 Å². The zero-order valence-corrected chi connectivity index (χ0v) is 11.2. The monoisotopic (exact) mass is 245 g/mol. The van der Waals surface area contributed by atoms with Gasteiger partial charge in [0.15, 0.2) is 0 Å². The fourth-order valence-electron chi connectivity index (χ4n) is 3.22. The van der Waals surface area contributed by atoms with Crippen molar-refractivity contribution in [3.63, 3.8) is 0 Å². The Kier molecular flexibility index (Phi) is 3.16. The van der Waals surface area contributed by atoms with Crippen molar-refractivity contribution in [3.8, 4) is 0 Å². The van der Waals surface area contributed by atoms with E-state index in [1.165, 1.54) is 36.8 Å². The quantitative estimate of drug-likeness (QED) is 0.880. The van der Waals surface area contributed by atoms with Crippen LogP contribution >= 0.6 is 0 Å². The van der Waals surface area contributed by atoms with Gasteiger partial charge in [0.05, 0.1) is 11.6 Å². The molecule has 0 bridgehead atoms. The molecule has 2 saturated carbocycles. The average molecular weight is 245 g/mol. The number of hydrogen-bond donors (Lipinski definition) is 1. The molecule has 2 fully saturated rings. The first kappa shape index (κ1) is 12.2. The van der Waals surface area contributed by atoms with Crippen molar-refractivity contribution in [1.29, 1.82) is 0 Å².